The Kier molecular flexibility index (Phi) is 6.44. The third-order valence-corrected chi connectivity index (χ3v) is 4.88. The molecule has 24 heavy (non-hydrogen) atoms. The zero-order valence-electron chi connectivity index (χ0n) is 15.7. The van der Waals surface area contributed by atoms with E-state index in [0.717, 1.165) is 25.1 Å². The molecule has 0 bridgehead atoms. The average Bonchev–Trinajstić information content (AvgIpc) is 2.59. The lowest BCUT2D eigenvalue weighted by Gasteiger charge is -2.27. The van der Waals surface area contributed by atoms with Crippen LogP contribution >= 0.6 is 0 Å². The van der Waals surface area contributed by atoms with Crippen LogP contribution in [-0.4, -0.2) is 19.2 Å². The molecule has 0 aromatic heterocycles. The maximum absolute atomic E-state index is 5.65. The molecule has 2 rings (SSSR count). The standard InChI is InChI=1S/C22H31NO/c1-6-22(3,4)23-15-14-19(18-10-8-7-9-11-18)20-16-17(2)12-13-21(20)24-5/h7-13,16,19,23H,6,14-15H2,1-5H3. The van der Waals surface area contributed by atoms with Crippen molar-refractivity contribution in [2.75, 3.05) is 13.7 Å². The van der Waals surface area contributed by atoms with Crippen LogP contribution in [0.15, 0.2) is 48.5 Å². The number of benzene rings is 2. The smallest absolute Gasteiger partial charge is 0.122 e. The Morgan fingerprint density at radius 2 is 1.79 bits per heavy atom. The maximum Gasteiger partial charge on any atom is 0.122 e. The van der Waals surface area contributed by atoms with E-state index in [1.165, 1.54) is 16.7 Å². The van der Waals surface area contributed by atoms with Crippen LogP contribution in [0.25, 0.3) is 0 Å². The summed E-state index contributed by atoms with van der Waals surface area (Å²) >= 11 is 0. The number of hydrogen-bond acceptors (Lipinski definition) is 2. The molecule has 130 valence electrons. The fourth-order valence-electron chi connectivity index (χ4n) is 2.99. The van der Waals surface area contributed by atoms with E-state index in [0.29, 0.717) is 5.92 Å². The van der Waals surface area contributed by atoms with Crippen molar-refractivity contribution in [1.82, 2.24) is 5.32 Å². The molecule has 0 aliphatic carbocycles. The van der Waals surface area contributed by atoms with Gasteiger partial charge in [0.2, 0.25) is 0 Å². The van der Waals surface area contributed by atoms with E-state index in [4.69, 9.17) is 4.74 Å². The van der Waals surface area contributed by atoms with Crippen molar-refractivity contribution in [3.63, 3.8) is 0 Å². The number of aryl methyl sites for hydroxylation is 1. The Morgan fingerprint density at radius 1 is 1.08 bits per heavy atom. The van der Waals surface area contributed by atoms with E-state index in [2.05, 4.69) is 81.5 Å². The van der Waals surface area contributed by atoms with Gasteiger partial charge >= 0.3 is 0 Å². The summed E-state index contributed by atoms with van der Waals surface area (Å²) in [6, 6.07) is 17.2. The predicted octanol–water partition coefficient (Wildman–Crippen LogP) is 5.30. The lowest BCUT2D eigenvalue weighted by molar-refractivity contribution is 0.368. The van der Waals surface area contributed by atoms with Crippen LogP contribution in [0, 0.1) is 6.92 Å². The highest BCUT2D eigenvalue weighted by Gasteiger charge is 2.20. The Bertz CT molecular complexity index is 634. The van der Waals surface area contributed by atoms with Crippen LogP contribution in [0.5, 0.6) is 5.75 Å². The SMILES string of the molecule is CCC(C)(C)NCCC(c1ccccc1)c1cc(C)ccc1OC. The topological polar surface area (TPSA) is 21.3 Å². The first-order valence-electron chi connectivity index (χ1n) is 8.91. The minimum Gasteiger partial charge on any atom is -0.496 e. The van der Waals surface area contributed by atoms with Crippen LogP contribution in [0.3, 0.4) is 0 Å². The van der Waals surface area contributed by atoms with Gasteiger partial charge in [-0.05, 0) is 51.8 Å². The van der Waals surface area contributed by atoms with Gasteiger partial charge < -0.3 is 10.1 Å². The second-order valence-electron chi connectivity index (χ2n) is 7.16. The van der Waals surface area contributed by atoms with Crippen molar-refractivity contribution < 1.29 is 4.74 Å². The van der Waals surface area contributed by atoms with Crippen molar-refractivity contribution in [1.29, 1.82) is 0 Å². The summed E-state index contributed by atoms with van der Waals surface area (Å²) < 4.78 is 5.65. The van der Waals surface area contributed by atoms with Gasteiger partial charge in [0, 0.05) is 17.0 Å². The van der Waals surface area contributed by atoms with Crippen LogP contribution in [0.1, 0.15) is 56.2 Å². The molecular weight excluding hydrogens is 294 g/mol. The zero-order chi connectivity index (χ0) is 17.6. The van der Waals surface area contributed by atoms with Crippen molar-refractivity contribution in [3.8, 4) is 5.75 Å². The van der Waals surface area contributed by atoms with Crippen molar-refractivity contribution in [3.05, 3.63) is 65.2 Å². The monoisotopic (exact) mass is 325 g/mol. The quantitative estimate of drug-likeness (QED) is 0.710. The van der Waals surface area contributed by atoms with Gasteiger partial charge in [-0.1, -0.05) is 55.0 Å². The normalized spacial score (nSPS) is 12.9. The molecule has 0 spiro atoms. The van der Waals surface area contributed by atoms with Crippen LogP contribution < -0.4 is 10.1 Å². The molecule has 1 atom stereocenters. The van der Waals surface area contributed by atoms with E-state index < -0.39 is 0 Å². The van der Waals surface area contributed by atoms with E-state index >= 15 is 0 Å². The van der Waals surface area contributed by atoms with Crippen molar-refractivity contribution in [2.24, 2.45) is 0 Å². The van der Waals surface area contributed by atoms with Gasteiger partial charge in [-0.15, -0.1) is 0 Å². The summed E-state index contributed by atoms with van der Waals surface area (Å²) in [5, 5.41) is 3.69. The molecule has 0 heterocycles. The second-order valence-corrected chi connectivity index (χ2v) is 7.16. The number of hydrogen-bond donors (Lipinski definition) is 1. The molecule has 0 amide bonds. The molecule has 2 nitrogen and oxygen atoms in total. The maximum atomic E-state index is 5.65. The highest BCUT2D eigenvalue weighted by Crippen LogP contribution is 2.35. The summed E-state index contributed by atoms with van der Waals surface area (Å²) in [5.74, 6) is 1.31. The van der Waals surface area contributed by atoms with Crippen LogP contribution in [-0.2, 0) is 0 Å². The molecule has 2 aromatic carbocycles. The summed E-state index contributed by atoms with van der Waals surface area (Å²) in [6.45, 7) is 9.88. The summed E-state index contributed by atoms with van der Waals surface area (Å²) in [4.78, 5) is 0. The first-order chi connectivity index (χ1) is 11.5. The largest absolute Gasteiger partial charge is 0.496 e. The van der Waals surface area contributed by atoms with E-state index in [1.54, 1.807) is 7.11 Å². The van der Waals surface area contributed by atoms with Crippen molar-refractivity contribution >= 4 is 0 Å². The molecule has 2 heteroatoms. The molecule has 1 N–H and O–H groups in total. The molecule has 0 fully saturated rings. The number of rotatable bonds is 8. The van der Waals surface area contributed by atoms with Gasteiger partial charge in [0.05, 0.1) is 7.11 Å². The fraction of sp³-hybridized carbons (Fsp3) is 0.455. The minimum atomic E-state index is 0.179. The average molecular weight is 325 g/mol. The minimum absolute atomic E-state index is 0.179. The van der Waals surface area contributed by atoms with Gasteiger partial charge in [-0.2, -0.15) is 0 Å². The number of methoxy groups -OCH3 is 1. The first kappa shape index (κ1) is 18.5. The third kappa shape index (κ3) is 4.85. The van der Waals surface area contributed by atoms with Gasteiger partial charge in [0.1, 0.15) is 5.75 Å². The highest BCUT2D eigenvalue weighted by atomic mass is 16.5. The molecule has 2 aromatic rings. The van der Waals surface area contributed by atoms with Gasteiger partial charge in [0.25, 0.3) is 0 Å². The van der Waals surface area contributed by atoms with E-state index in [9.17, 15) is 0 Å². The molecule has 0 saturated heterocycles. The van der Waals surface area contributed by atoms with Crippen LogP contribution in [0.2, 0.25) is 0 Å². The van der Waals surface area contributed by atoms with Gasteiger partial charge in [-0.25, -0.2) is 0 Å². The number of ether oxygens (including phenoxy) is 1. The van der Waals surface area contributed by atoms with E-state index in [1.807, 2.05) is 0 Å². The molecule has 0 aliphatic heterocycles. The highest BCUT2D eigenvalue weighted by molar-refractivity contribution is 5.44. The first-order valence-corrected chi connectivity index (χ1v) is 8.91. The van der Waals surface area contributed by atoms with Gasteiger partial charge in [-0.3, -0.25) is 0 Å². The predicted molar refractivity (Wildman–Crippen MR) is 103 cm³/mol. The Morgan fingerprint density at radius 3 is 2.42 bits per heavy atom. The Balaban J connectivity index is 2.29. The second kappa shape index (κ2) is 8.34. The number of nitrogens with one attached hydrogen (secondary N) is 1. The Hall–Kier alpha value is -1.80. The summed E-state index contributed by atoms with van der Waals surface area (Å²) in [6.07, 6.45) is 2.17. The molecule has 1 unspecified atom stereocenters. The fourth-order valence-corrected chi connectivity index (χ4v) is 2.99. The van der Waals surface area contributed by atoms with Crippen molar-refractivity contribution in [2.45, 2.75) is 52.0 Å². The molecule has 0 radical (unpaired) electrons. The Labute approximate surface area is 147 Å². The molecular formula is C22H31NO. The van der Waals surface area contributed by atoms with Gasteiger partial charge in [0.15, 0.2) is 0 Å². The van der Waals surface area contributed by atoms with E-state index in [-0.39, 0.29) is 5.54 Å². The lowest BCUT2D eigenvalue weighted by atomic mass is 9.86. The summed E-state index contributed by atoms with van der Waals surface area (Å²) in [7, 11) is 1.76. The summed E-state index contributed by atoms with van der Waals surface area (Å²) in [5.41, 5.74) is 4.07. The molecule has 0 saturated carbocycles. The lowest BCUT2D eigenvalue weighted by Crippen LogP contribution is -2.39. The zero-order valence-corrected chi connectivity index (χ0v) is 15.7. The third-order valence-electron chi connectivity index (χ3n) is 4.88. The van der Waals surface area contributed by atoms with Crippen LogP contribution in [0.4, 0.5) is 0 Å². The molecule has 0 aliphatic rings.